The Balaban J connectivity index is 1.56. The second-order valence-corrected chi connectivity index (χ2v) is 8.65. The Labute approximate surface area is 182 Å². The average Bonchev–Trinajstić information content (AvgIpc) is 3.69. The standard InChI is InChI=1S/C21H24FN5O5/c22-21(5-6-21)12-26-18-13(1-4-15(28)25-7-9-32-10-8-25)11-23-27(18)20(31)16(19(26)30)17(29)24-14-2-3-14/h1,4,11,14H,2-3,5-10,12H2,(H2,24,29,30,31)/p+1/b4-1+. The molecular weight excluding hydrogens is 421 g/mol. The zero-order chi connectivity index (χ0) is 22.5. The lowest BCUT2D eigenvalue weighted by Gasteiger charge is -2.25. The van der Waals surface area contributed by atoms with Crippen molar-refractivity contribution < 1.29 is 28.4 Å². The van der Waals surface area contributed by atoms with Gasteiger partial charge < -0.3 is 20.1 Å². The van der Waals surface area contributed by atoms with Gasteiger partial charge in [-0.15, -0.1) is 0 Å². The number of aromatic amines is 1. The lowest BCUT2D eigenvalue weighted by Crippen LogP contribution is -2.47. The van der Waals surface area contributed by atoms with E-state index in [1.807, 2.05) is 0 Å². The normalized spacial score (nSPS) is 20.1. The van der Waals surface area contributed by atoms with Crippen molar-refractivity contribution in [3.63, 3.8) is 0 Å². The van der Waals surface area contributed by atoms with E-state index in [-0.39, 0.29) is 24.1 Å². The Morgan fingerprint density at radius 2 is 2.06 bits per heavy atom. The van der Waals surface area contributed by atoms with Gasteiger partial charge in [0.15, 0.2) is 0 Å². The summed E-state index contributed by atoms with van der Waals surface area (Å²) in [7, 11) is 0. The first-order valence-corrected chi connectivity index (χ1v) is 10.8. The lowest BCUT2D eigenvalue weighted by molar-refractivity contribution is -0.688. The fourth-order valence-corrected chi connectivity index (χ4v) is 3.85. The second kappa shape index (κ2) is 7.73. The topological polar surface area (TPSA) is 120 Å². The molecule has 170 valence electrons. The van der Waals surface area contributed by atoms with Gasteiger partial charge in [-0.3, -0.25) is 9.59 Å². The third-order valence-electron chi connectivity index (χ3n) is 6.07. The van der Waals surface area contributed by atoms with E-state index in [1.54, 1.807) is 4.90 Å². The second-order valence-electron chi connectivity index (χ2n) is 8.65. The van der Waals surface area contributed by atoms with Crippen molar-refractivity contribution in [2.45, 2.75) is 43.9 Å². The van der Waals surface area contributed by atoms with E-state index in [0.717, 1.165) is 17.4 Å². The molecule has 2 saturated carbocycles. The van der Waals surface area contributed by atoms with E-state index >= 15 is 0 Å². The van der Waals surface area contributed by atoms with E-state index in [2.05, 4.69) is 10.4 Å². The van der Waals surface area contributed by atoms with Crippen molar-refractivity contribution >= 4 is 23.5 Å². The van der Waals surface area contributed by atoms with Crippen LogP contribution in [0.3, 0.4) is 0 Å². The van der Waals surface area contributed by atoms with Gasteiger partial charge in [-0.2, -0.15) is 4.57 Å². The summed E-state index contributed by atoms with van der Waals surface area (Å²) in [6.45, 7) is 1.71. The predicted molar refractivity (Wildman–Crippen MR) is 110 cm³/mol. The zero-order valence-electron chi connectivity index (χ0n) is 17.5. The van der Waals surface area contributed by atoms with Crippen molar-refractivity contribution in [3.8, 4) is 5.88 Å². The molecule has 0 radical (unpaired) electrons. The van der Waals surface area contributed by atoms with Crippen LogP contribution in [0.15, 0.2) is 17.1 Å². The minimum atomic E-state index is -1.51. The van der Waals surface area contributed by atoms with Gasteiger partial charge in [0.25, 0.3) is 5.91 Å². The molecule has 0 bridgehead atoms. The number of alkyl halides is 1. The number of H-pyrrole nitrogens is 1. The highest BCUT2D eigenvalue weighted by Crippen LogP contribution is 2.40. The van der Waals surface area contributed by atoms with Gasteiger partial charge in [0, 0.05) is 25.2 Å². The number of hydrogen-bond donors (Lipinski definition) is 3. The highest BCUT2D eigenvalue weighted by molar-refractivity contribution is 5.96. The van der Waals surface area contributed by atoms with Crippen LogP contribution in [0.4, 0.5) is 4.39 Å². The Morgan fingerprint density at radius 1 is 1.34 bits per heavy atom. The van der Waals surface area contributed by atoms with Gasteiger partial charge in [-0.05, 0) is 31.8 Å². The van der Waals surface area contributed by atoms with Crippen molar-refractivity contribution in [3.05, 3.63) is 33.8 Å². The molecule has 2 amide bonds. The number of ether oxygens (including phenoxy) is 1. The summed E-state index contributed by atoms with van der Waals surface area (Å²) in [5.74, 6) is -1.47. The summed E-state index contributed by atoms with van der Waals surface area (Å²) >= 11 is 0. The fraction of sp³-hybridized carbons (Fsp3) is 0.524. The molecule has 2 aromatic heterocycles. The number of carbonyl (C=O) groups excluding carboxylic acids is 2. The van der Waals surface area contributed by atoms with Crippen LogP contribution in [0.25, 0.3) is 11.7 Å². The third-order valence-corrected chi connectivity index (χ3v) is 6.07. The molecule has 0 aromatic carbocycles. The van der Waals surface area contributed by atoms with Crippen molar-refractivity contribution in [1.29, 1.82) is 0 Å². The maximum Gasteiger partial charge on any atom is 0.378 e. The molecule has 3 aliphatic rings. The summed E-state index contributed by atoms with van der Waals surface area (Å²) in [6, 6.07) is -0.0141. The molecule has 1 aliphatic heterocycles. The molecule has 3 N–H and O–H groups in total. The minimum absolute atomic E-state index is 0.0141. The van der Waals surface area contributed by atoms with Crippen LogP contribution in [0.1, 0.15) is 41.6 Å². The Morgan fingerprint density at radius 3 is 2.72 bits per heavy atom. The number of aromatic hydroxyl groups is 1. The molecule has 0 unspecified atom stereocenters. The molecular formula is C21H25FN5O5+. The van der Waals surface area contributed by atoms with Gasteiger partial charge in [0.05, 0.1) is 25.0 Å². The Bertz CT molecular complexity index is 1170. The summed E-state index contributed by atoms with van der Waals surface area (Å²) in [5.41, 5.74) is -2.08. The van der Waals surface area contributed by atoms with Crippen LogP contribution in [-0.4, -0.2) is 69.4 Å². The number of nitrogens with zero attached hydrogens (tertiary/aromatic N) is 3. The number of fused-ring (bicyclic) bond motifs is 1. The first kappa shape index (κ1) is 20.7. The lowest BCUT2D eigenvalue weighted by atomic mass is 10.2. The maximum absolute atomic E-state index is 14.7. The first-order valence-electron chi connectivity index (χ1n) is 10.8. The van der Waals surface area contributed by atoms with E-state index in [9.17, 15) is 23.9 Å². The number of hydrogen-bond acceptors (Lipinski definition) is 5. The molecule has 32 heavy (non-hydrogen) atoms. The molecule has 10 nitrogen and oxygen atoms in total. The Kier molecular flexibility index (Phi) is 5.00. The first-order chi connectivity index (χ1) is 15.4. The van der Waals surface area contributed by atoms with Crippen molar-refractivity contribution in [1.82, 2.24) is 19.8 Å². The number of rotatable bonds is 6. The van der Waals surface area contributed by atoms with Gasteiger partial charge in [0.1, 0.15) is 12.2 Å². The number of carbonyl (C=O) groups is 2. The highest BCUT2D eigenvalue weighted by atomic mass is 19.1. The number of aromatic nitrogens is 3. The number of morpholine rings is 1. The van der Waals surface area contributed by atoms with Gasteiger partial charge >= 0.3 is 17.1 Å². The molecule has 3 fully saturated rings. The largest absolute Gasteiger partial charge is 0.477 e. The van der Waals surface area contributed by atoms with Gasteiger partial charge in [0.2, 0.25) is 11.5 Å². The van der Waals surface area contributed by atoms with Crippen LogP contribution >= 0.6 is 0 Å². The summed E-state index contributed by atoms with van der Waals surface area (Å²) in [5, 5.41) is 16.4. The van der Waals surface area contributed by atoms with Crippen molar-refractivity contribution in [2.75, 3.05) is 26.3 Å². The van der Waals surface area contributed by atoms with Crippen LogP contribution in [0.5, 0.6) is 5.88 Å². The fourth-order valence-electron chi connectivity index (χ4n) is 3.85. The zero-order valence-corrected chi connectivity index (χ0v) is 17.5. The van der Waals surface area contributed by atoms with E-state index in [4.69, 9.17) is 4.74 Å². The molecule has 1 saturated heterocycles. The van der Waals surface area contributed by atoms with Gasteiger partial charge in [-0.25, -0.2) is 14.3 Å². The van der Waals surface area contributed by atoms with E-state index in [1.165, 1.54) is 22.9 Å². The third kappa shape index (κ3) is 3.88. The summed E-state index contributed by atoms with van der Waals surface area (Å²) in [4.78, 5) is 39.8. The smallest absolute Gasteiger partial charge is 0.378 e. The average molecular weight is 446 g/mol. The minimum Gasteiger partial charge on any atom is -0.477 e. The number of amides is 2. The molecule has 5 rings (SSSR count). The number of halogens is 1. The molecule has 11 heteroatoms. The molecule has 0 atom stereocenters. The number of nitrogens with one attached hydrogen (secondary N) is 2. The molecule has 2 aromatic rings. The monoisotopic (exact) mass is 446 g/mol. The van der Waals surface area contributed by atoms with Crippen LogP contribution in [0.2, 0.25) is 0 Å². The van der Waals surface area contributed by atoms with Crippen LogP contribution in [0, 0.1) is 0 Å². The molecule has 0 spiro atoms. The Hall–Kier alpha value is -3.21. The summed E-state index contributed by atoms with van der Waals surface area (Å²) < 4.78 is 22.3. The SMILES string of the molecule is O=C(NC1CC1)c1c(O)[n+](CC2(F)CC2)c2c(/C=C/C(=O)N3CCOCC3)c[nH]n2c1=O. The maximum atomic E-state index is 14.7. The van der Waals surface area contributed by atoms with E-state index in [0.29, 0.717) is 44.7 Å². The van der Waals surface area contributed by atoms with Crippen LogP contribution in [-0.2, 0) is 16.1 Å². The predicted octanol–water partition coefficient (Wildman–Crippen LogP) is -0.113. The summed E-state index contributed by atoms with van der Waals surface area (Å²) in [6.07, 6.45) is 6.67. The molecule has 2 aliphatic carbocycles. The quantitative estimate of drug-likeness (QED) is 0.422. The van der Waals surface area contributed by atoms with Crippen LogP contribution < -0.4 is 15.4 Å². The van der Waals surface area contributed by atoms with Crippen molar-refractivity contribution in [2.24, 2.45) is 0 Å². The van der Waals surface area contributed by atoms with E-state index < -0.39 is 28.6 Å². The van der Waals surface area contributed by atoms with Gasteiger partial charge in [-0.1, -0.05) is 4.52 Å². The molecule has 3 heterocycles. The highest BCUT2D eigenvalue weighted by Gasteiger charge is 2.48.